The summed E-state index contributed by atoms with van der Waals surface area (Å²) in [5.74, 6) is -0.102. The Morgan fingerprint density at radius 3 is 2.36 bits per heavy atom. The number of H-pyrrole nitrogens is 1. The summed E-state index contributed by atoms with van der Waals surface area (Å²) in [6.45, 7) is 3.05. The van der Waals surface area contributed by atoms with E-state index < -0.39 is 11.5 Å². The molecule has 2 rings (SSSR count). The minimum atomic E-state index is -0.445. The normalized spacial score (nSPS) is 10.1. The molecular formula is C15H10Br2N2O3. The molecule has 1 heterocycles. The minimum absolute atomic E-state index is 0.0321. The first-order chi connectivity index (χ1) is 10.3. The van der Waals surface area contributed by atoms with Crippen molar-refractivity contribution in [3.8, 4) is 22.9 Å². The second-order valence-electron chi connectivity index (χ2n) is 4.54. The maximum absolute atomic E-state index is 11.9. The number of nitrogens with zero attached hydrogens (tertiary/aromatic N) is 1. The van der Waals surface area contributed by atoms with E-state index in [0.29, 0.717) is 31.5 Å². The third-order valence-electron chi connectivity index (χ3n) is 2.83. The molecule has 0 aliphatic rings. The van der Waals surface area contributed by atoms with Gasteiger partial charge in [0.05, 0.1) is 8.95 Å². The van der Waals surface area contributed by atoms with Crippen LogP contribution < -0.4 is 10.3 Å². The molecule has 7 heteroatoms. The van der Waals surface area contributed by atoms with E-state index >= 15 is 0 Å². The van der Waals surface area contributed by atoms with Crippen LogP contribution in [0.1, 0.15) is 18.2 Å². The third kappa shape index (κ3) is 3.29. The number of aromatic amines is 1. The molecule has 0 amide bonds. The molecule has 112 valence electrons. The van der Waals surface area contributed by atoms with Gasteiger partial charge in [0.15, 0.2) is 5.75 Å². The molecule has 0 saturated heterocycles. The number of esters is 1. The van der Waals surface area contributed by atoms with Gasteiger partial charge in [-0.1, -0.05) is 0 Å². The van der Waals surface area contributed by atoms with Crippen molar-refractivity contribution in [1.82, 2.24) is 4.98 Å². The lowest BCUT2D eigenvalue weighted by atomic mass is 10.0. The molecule has 22 heavy (non-hydrogen) atoms. The summed E-state index contributed by atoms with van der Waals surface area (Å²) >= 11 is 6.66. The Morgan fingerprint density at radius 2 is 1.86 bits per heavy atom. The van der Waals surface area contributed by atoms with Crippen molar-refractivity contribution in [1.29, 1.82) is 5.26 Å². The molecular weight excluding hydrogens is 416 g/mol. The van der Waals surface area contributed by atoms with E-state index in [1.807, 2.05) is 6.07 Å². The summed E-state index contributed by atoms with van der Waals surface area (Å²) in [6.07, 6.45) is 0. The largest absolute Gasteiger partial charge is 0.424 e. The Hall–Kier alpha value is -1.91. The Balaban J connectivity index is 2.68. The second kappa shape index (κ2) is 6.46. The molecule has 1 aromatic carbocycles. The summed E-state index contributed by atoms with van der Waals surface area (Å²) < 4.78 is 6.18. The number of rotatable bonds is 2. The fraction of sp³-hybridized carbons (Fsp3) is 0.133. The maximum atomic E-state index is 11.9. The minimum Gasteiger partial charge on any atom is -0.424 e. The number of carbonyl (C=O) groups excluding carboxylic acids is 1. The number of carbonyl (C=O) groups is 1. The number of benzene rings is 1. The average molecular weight is 426 g/mol. The standard InChI is InChI=1S/C15H10Br2N2O3/c1-7-3-10(11(6-18)15(21)19-7)9-4-12(16)14(13(17)5-9)22-8(2)20/h3-5H,1-2H3,(H,19,21). The molecule has 0 aliphatic heterocycles. The number of pyridine rings is 1. The van der Waals surface area contributed by atoms with Gasteiger partial charge in [-0.3, -0.25) is 9.59 Å². The fourth-order valence-electron chi connectivity index (χ4n) is 1.98. The molecule has 0 aliphatic carbocycles. The van der Waals surface area contributed by atoms with Crippen LogP contribution in [0.2, 0.25) is 0 Å². The monoisotopic (exact) mass is 424 g/mol. The van der Waals surface area contributed by atoms with Gasteiger partial charge < -0.3 is 9.72 Å². The molecule has 1 aromatic heterocycles. The zero-order chi connectivity index (χ0) is 16.4. The van der Waals surface area contributed by atoms with Crippen LogP contribution in [0.25, 0.3) is 11.1 Å². The Labute approximate surface area is 143 Å². The number of hydrogen-bond donors (Lipinski definition) is 1. The first-order valence-electron chi connectivity index (χ1n) is 6.15. The van der Waals surface area contributed by atoms with Gasteiger partial charge >= 0.3 is 5.97 Å². The van der Waals surface area contributed by atoms with Gasteiger partial charge in [0.25, 0.3) is 5.56 Å². The van der Waals surface area contributed by atoms with Gasteiger partial charge in [0.1, 0.15) is 11.6 Å². The first-order valence-corrected chi connectivity index (χ1v) is 7.74. The average Bonchev–Trinajstić information content (AvgIpc) is 2.41. The summed E-state index contributed by atoms with van der Waals surface area (Å²) in [4.78, 5) is 25.6. The van der Waals surface area contributed by atoms with Gasteiger partial charge in [-0.25, -0.2) is 0 Å². The molecule has 0 atom stereocenters. The Morgan fingerprint density at radius 1 is 1.27 bits per heavy atom. The first kappa shape index (κ1) is 16.5. The fourth-order valence-corrected chi connectivity index (χ4v) is 3.33. The predicted octanol–water partition coefficient (Wildman–Crippen LogP) is 3.67. The van der Waals surface area contributed by atoms with E-state index in [0.717, 1.165) is 0 Å². The highest BCUT2D eigenvalue weighted by molar-refractivity contribution is 9.11. The van der Waals surface area contributed by atoms with Gasteiger partial charge in [0.2, 0.25) is 0 Å². The van der Waals surface area contributed by atoms with Crippen LogP contribution in [0, 0.1) is 18.3 Å². The van der Waals surface area contributed by atoms with E-state index in [1.165, 1.54) is 6.92 Å². The number of nitrogens with one attached hydrogen (secondary N) is 1. The summed E-state index contributed by atoms with van der Waals surface area (Å²) in [5.41, 5.74) is 1.41. The van der Waals surface area contributed by atoms with E-state index in [9.17, 15) is 14.9 Å². The third-order valence-corrected chi connectivity index (χ3v) is 4.01. The Bertz CT molecular complexity index is 843. The molecule has 0 spiro atoms. The summed E-state index contributed by atoms with van der Waals surface area (Å²) in [6, 6.07) is 7.02. The van der Waals surface area contributed by atoms with E-state index in [2.05, 4.69) is 36.8 Å². The molecule has 0 fully saturated rings. The van der Waals surface area contributed by atoms with E-state index in [1.54, 1.807) is 25.1 Å². The van der Waals surface area contributed by atoms with Crippen molar-refractivity contribution in [2.75, 3.05) is 0 Å². The quantitative estimate of drug-likeness (QED) is 0.587. The smallest absolute Gasteiger partial charge is 0.308 e. The van der Waals surface area contributed by atoms with Crippen LogP contribution in [-0.4, -0.2) is 11.0 Å². The van der Waals surface area contributed by atoms with Crippen LogP contribution in [-0.2, 0) is 4.79 Å². The second-order valence-corrected chi connectivity index (χ2v) is 6.25. The lowest BCUT2D eigenvalue weighted by Crippen LogP contribution is -2.12. The van der Waals surface area contributed by atoms with Crippen molar-refractivity contribution in [3.63, 3.8) is 0 Å². The highest BCUT2D eigenvalue weighted by Crippen LogP contribution is 2.38. The van der Waals surface area contributed by atoms with E-state index in [4.69, 9.17) is 4.74 Å². The Kier molecular flexibility index (Phi) is 4.84. The van der Waals surface area contributed by atoms with Crippen molar-refractivity contribution >= 4 is 37.8 Å². The molecule has 0 bridgehead atoms. The van der Waals surface area contributed by atoms with Crippen molar-refractivity contribution < 1.29 is 9.53 Å². The highest BCUT2D eigenvalue weighted by atomic mass is 79.9. The van der Waals surface area contributed by atoms with Crippen LogP contribution in [0.3, 0.4) is 0 Å². The van der Waals surface area contributed by atoms with Crippen molar-refractivity contribution in [2.45, 2.75) is 13.8 Å². The number of halogens is 2. The van der Waals surface area contributed by atoms with Crippen LogP contribution >= 0.6 is 31.9 Å². The molecule has 0 radical (unpaired) electrons. The number of aryl methyl sites for hydroxylation is 1. The van der Waals surface area contributed by atoms with Gasteiger partial charge in [-0.2, -0.15) is 5.26 Å². The SMILES string of the molecule is CC(=O)Oc1c(Br)cc(-c2cc(C)[nH]c(=O)c2C#N)cc1Br. The van der Waals surface area contributed by atoms with Crippen molar-refractivity contribution in [3.05, 3.63) is 48.8 Å². The number of ether oxygens (including phenoxy) is 1. The molecule has 0 unspecified atom stereocenters. The van der Waals surface area contributed by atoms with Gasteiger partial charge in [-0.15, -0.1) is 0 Å². The van der Waals surface area contributed by atoms with Crippen LogP contribution in [0.5, 0.6) is 5.75 Å². The highest BCUT2D eigenvalue weighted by Gasteiger charge is 2.16. The van der Waals surface area contributed by atoms with Crippen LogP contribution in [0.15, 0.2) is 31.9 Å². The molecule has 2 aromatic rings. The van der Waals surface area contributed by atoms with Gasteiger partial charge in [0, 0.05) is 18.2 Å². The lowest BCUT2D eigenvalue weighted by molar-refractivity contribution is -0.131. The van der Waals surface area contributed by atoms with Crippen molar-refractivity contribution in [2.24, 2.45) is 0 Å². The maximum Gasteiger partial charge on any atom is 0.308 e. The predicted molar refractivity (Wildman–Crippen MR) is 88.7 cm³/mol. The number of nitriles is 1. The topological polar surface area (TPSA) is 83.0 Å². The number of hydrogen-bond acceptors (Lipinski definition) is 4. The van der Waals surface area contributed by atoms with Crippen LogP contribution in [0.4, 0.5) is 0 Å². The summed E-state index contributed by atoms with van der Waals surface area (Å²) in [7, 11) is 0. The molecule has 5 nitrogen and oxygen atoms in total. The summed E-state index contributed by atoms with van der Waals surface area (Å²) in [5, 5.41) is 9.20. The van der Waals surface area contributed by atoms with Gasteiger partial charge in [-0.05, 0) is 62.5 Å². The zero-order valence-corrected chi connectivity index (χ0v) is 14.8. The zero-order valence-electron chi connectivity index (χ0n) is 11.7. The van der Waals surface area contributed by atoms with E-state index in [-0.39, 0.29) is 5.56 Å². The lowest BCUT2D eigenvalue weighted by Gasteiger charge is -2.11. The molecule has 0 saturated carbocycles. The molecule has 1 N–H and O–H groups in total. The number of aromatic nitrogens is 1.